The Morgan fingerprint density at radius 2 is 2.24 bits per heavy atom. The zero-order chi connectivity index (χ0) is 12.3. The summed E-state index contributed by atoms with van der Waals surface area (Å²) in [6.07, 6.45) is 3.99. The second kappa shape index (κ2) is 5.27. The van der Waals surface area contributed by atoms with Crippen molar-refractivity contribution >= 4 is 5.69 Å². The number of hydrogen-bond donors (Lipinski definition) is 1. The molecule has 17 heavy (non-hydrogen) atoms. The molecule has 0 radical (unpaired) electrons. The highest BCUT2D eigenvalue weighted by molar-refractivity contribution is 5.44. The lowest BCUT2D eigenvalue weighted by atomic mass is 9.85. The van der Waals surface area contributed by atoms with Gasteiger partial charge >= 0.3 is 0 Å². The minimum absolute atomic E-state index is 0.216. The SMILES string of the molecule is Cc1c(CNCC2CCC2)cccc1[N+](=O)[O-]. The average molecular weight is 234 g/mol. The van der Waals surface area contributed by atoms with E-state index in [0.717, 1.165) is 30.1 Å². The maximum Gasteiger partial charge on any atom is 0.272 e. The third-order valence-electron chi connectivity index (χ3n) is 3.59. The van der Waals surface area contributed by atoms with Crippen LogP contribution < -0.4 is 5.32 Å². The minimum Gasteiger partial charge on any atom is -0.312 e. The third kappa shape index (κ3) is 2.82. The highest BCUT2D eigenvalue weighted by Gasteiger charge is 2.17. The lowest BCUT2D eigenvalue weighted by Crippen LogP contribution is -2.27. The molecule has 1 fully saturated rings. The van der Waals surface area contributed by atoms with E-state index in [1.54, 1.807) is 12.1 Å². The molecular weight excluding hydrogens is 216 g/mol. The normalized spacial score (nSPS) is 15.6. The van der Waals surface area contributed by atoms with Crippen LogP contribution in [-0.2, 0) is 6.54 Å². The minimum atomic E-state index is -0.315. The molecule has 1 aromatic carbocycles. The maximum atomic E-state index is 10.8. The Morgan fingerprint density at radius 1 is 1.47 bits per heavy atom. The van der Waals surface area contributed by atoms with Crippen LogP contribution in [0.1, 0.15) is 30.4 Å². The van der Waals surface area contributed by atoms with Crippen LogP contribution in [0, 0.1) is 23.0 Å². The van der Waals surface area contributed by atoms with Gasteiger partial charge in [0.15, 0.2) is 0 Å². The smallest absolute Gasteiger partial charge is 0.272 e. The van der Waals surface area contributed by atoms with E-state index < -0.39 is 0 Å². The zero-order valence-electron chi connectivity index (χ0n) is 10.1. The molecule has 4 nitrogen and oxygen atoms in total. The van der Waals surface area contributed by atoms with E-state index >= 15 is 0 Å². The summed E-state index contributed by atoms with van der Waals surface area (Å²) in [6, 6.07) is 5.27. The van der Waals surface area contributed by atoms with E-state index in [1.807, 2.05) is 13.0 Å². The van der Waals surface area contributed by atoms with Gasteiger partial charge in [0.05, 0.1) is 4.92 Å². The quantitative estimate of drug-likeness (QED) is 0.629. The number of nitrogens with zero attached hydrogens (tertiary/aromatic N) is 1. The summed E-state index contributed by atoms with van der Waals surface area (Å²) in [7, 11) is 0. The van der Waals surface area contributed by atoms with Gasteiger partial charge < -0.3 is 5.32 Å². The number of rotatable bonds is 5. The summed E-state index contributed by atoms with van der Waals surface area (Å²) in [5.74, 6) is 0.814. The fourth-order valence-electron chi connectivity index (χ4n) is 2.17. The summed E-state index contributed by atoms with van der Waals surface area (Å²) in [4.78, 5) is 10.5. The molecule has 1 aromatic rings. The van der Waals surface area contributed by atoms with Gasteiger partial charge in [-0.3, -0.25) is 10.1 Å². The molecule has 0 bridgehead atoms. The number of nitro groups is 1. The molecule has 0 unspecified atom stereocenters. The first-order valence-electron chi connectivity index (χ1n) is 6.12. The summed E-state index contributed by atoms with van der Waals surface area (Å²) < 4.78 is 0. The van der Waals surface area contributed by atoms with E-state index in [2.05, 4.69) is 5.32 Å². The van der Waals surface area contributed by atoms with E-state index in [0.29, 0.717) is 0 Å². The van der Waals surface area contributed by atoms with Crippen molar-refractivity contribution in [3.8, 4) is 0 Å². The summed E-state index contributed by atoms with van der Waals surface area (Å²) in [6.45, 7) is 3.57. The van der Waals surface area contributed by atoms with Gasteiger partial charge in [-0.2, -0.15) is 0 Å². The molecule has 0 saturated heterocycles. The first kappa shape index (κ1) is 12.0. The van der Waals surface area contributed by atoms with Crippen molar-refractivity contribution in [2.24, 2.45) is 5.92 Å². The van der Waals surface area contributed by atoms with E-state index in [-0.39, 0.29) is 10.6 Å². The fourth-order valence-corrected chi connectivity index (χ4v) is 2.17. The first-order chi connectivity index (χ1) is 8.18. The van der Waals surface area contributed by atoms with Crippen LogP contribution in [0.15, 0.2) is 18.2 Å². The molecule has 0 aliphatic heterocycles. The second-order valence-electron chi connectivity index (χ2n) is 4.75. The average Bonchev–Trinajstić information content (AvgIpc) is 2.23. The predicted octanol–water partition coefficient (Wildman–Crippen LogP) is 2.79. The highest BCUT2D eigenvalue weighted by Crippen LogP contribution is 2.25. The van der Waals surface area contributed by atoms with Crippen molar-refractivity contribution in [2.75, 3.05) is 6.54 Å². The van der Waals surface area contributed by atoms with Crippen LogP contribution in [-0.4, -0.2) is 11.5 Å². The van der Waals surface area contributed by atoms with Crippen LogP contribution in [0.25, 0.3) is 0 Å². The number of hydrogen-bond acceptors (Lipinski definition) is 3. The van der Waals surface area contributed by atoms with Gasteiger partial charge in [-0.15, -0.1) is 0 Å². The Bertz CT molecular complexity index is 414. The maximum absolute atomic E-state index is 10.8. The Kier molecular flexibility index (Phi) is 3.74. The van der Waals surface area contributed by atoms with Gasteiger partial charge in [0.2, 0.25) is 0 Å². The van der Waals surface area contributed by atoms with Gasteiger partial charge in [-0.25, -0.2) is 0 Å². The molecule has 0 heterocycles. The molecule has 0 spiro atoms. The van der Waals surface area contributed by atoms with E-state index in [4.69, 9.17) is 0 Å². The standard InChI is InChI=1S/C13H18N2O2/c1-10-12(6-3-7-13(10)15(16)17)9-14-8-11-4-2-5-11/h3,6-7,11,14H,2,4-5,8-9H2,1H3. The summed E-state index contributed by atoms with van der Waals surface area (Å²) in [5.41, 5.74) is 2.02. The Balaban J connectivity index is 1.95. The van der Waals surface area contributed by atoms with Crippen molar-refractivity contribution in [3.05, 3.63) is 39.4 Å². The molecule has 1 N–H and O–H groups in total. The van der Waals surface area contributed by atoms with E-state index in [1.165, 1.54) is 19.3 Å². The van der Waals surface area contributed by atoms with Gasteiger partial charge in [0.1, 0.15) is 0 Å². The molecule has 92 valence electrons. The molecule has 2 rings (SSSR count). The first-order valence-corrected chi connectivity index (χ1v) is 6.12. The van der Waals surface area contributed by atoms with Crippen molar-refractivity contribution in [1.82, 2.24) is 5.32 Å². The second-order valence-corrected chi connectivity index (χ2v) is 4.75. The molecule has 4 heteroatoms. The largest absolute Gasteiger partial charge is 0.312 e. The number of benzene rings is 1. The van der Waals surface area contributed by atoms with Crippen molar-refractivity contribution in [3.63, 3.8) is 0 Å². The van der Waals surface area contributed by atoms with Gasteiger partial charge in [0, 0.05) is 18.2 Å². The lowest BCUT2D eigenvalue weighted by Gasteiger charge is -2.25. The van der Waals surface area contributed by atoms with Gasteiger partial charge in [0.25, 0.3) is 5.69 Å². The van der Waals surface area contributed by atoms with Gasteiger partial charge in [-0.1, -0.05) is 18.6 Å². The third-order valence-corrected chi connectivity index (χ3v) is 3.59. The summed E-state index contributed by atoms with van der Waals surface area (Å²) >= 11 is 0. The number of nitrogens with one attached hydrogen (secondary N) is 1. The van der Waals surface area contributed by atoms with Crippen molar-refractivity contribution in [2.45, 2.75) is 32.7 Å². The van der Waals surface area contributed by atoms with Crippen LogP contribution in [0.3, 0.4) is 0 Å². The Labute approximate surface area is 101 Å². The monoisotopic (exact) mass is 234 g/mol. The molecule has 1 aliphatic carbocycles. The van der Waals surface area contributed by atoms with Crippen LogP contribution in [0.2, 0.25) is 0 Å². The number of nitro benzene ring substituents is 1. The van der Waals surface area contributed by atoms with Crippen LogP contribution in [0.5, 0.6) is 0 Å². The predicted molar refractivity (Wildman–Crippen MR) is 66.9 cm³/mol. The van der Waals surface area contributed by atoms with Gasteiger partial charge in [-0.05, 0) is 37.8 Å². The van der Waals surface area contributed by atoms with Crippen LogP contribution in [0.4, 0.5) is 5.69 Å². The fraction of sp³-hybridized carbons (Fsp3) is 0.538. The van der Waals surface area contributed by atoms with E-state index in [9.17, 15) is 10.1 Å². The Morgan fingerprint density at radius 3 is 2.82 bits per heavy atom. The molecule has 0 amide bonds. The lowest BCUT2D eigenvalue weighted by molar-refractivity contribution is -0.385. The van der Waals surface area contributed by atoms with Crippen molar-refractivity contribution in [1.29, 1.82) is 0 Å². The zero-order valence-corrected chi connectivity index (χ0v) is 10.1. The van der Waals surface area contributed by atoms with Crippen LogP contribution >= 0.6 is 0 Å². The molecule has 0 aromatic heterocycles. The topological polar surface area (TPSA) is 55.2 Å². The molecule has 1 aliphatic rings. The highest BCUT2D eigenvalue weighted by atomic mass is 16.6. The molecule has 1 saturated carbocycles. The molecular formula is C13H18N2O2. The summed E-state index contributed by atoms with van der Waals surface area (Å²) in [5, 5.41) is 14.2. The Hall–Kier alpha value is -1.42. The molecule has 0 atom stereocenters. The van der Waals surface area contributed by atoms with Crippen molar-refractivity contribution < 1.29 is 4.92 Å².